The van der Waals surface area contributed by atoms with Crippen molar-refractivity contribution in [1.29, 1.82) is 0 Å². The van der Waals surface area contributed by atoms with E-state index >= 15 is 0 Å². The second kappa shape index (κ2) is 4.21. The Morgan fingerprint density at radius 3 is 2.86 bits per heavy atom. The lowest BCUT2D eigenvalue weighted by molar-refractivity contribution is 1.15. The van der Waals surface area contributed by atoms with Crippen molar-refractivity contribution >= 4 is 49.0 Å². The molecule has 2 rings (SSSR count). The van der Waals surface area contributed by atoms with Crippen LogP contribution < -0.4 is 0 Å². The van der Waals surface area contributed by atoms with Gasteiger partial charge in [0.25, 0.3) is 0 Å². The molecule has 1 heterocycles. The third-order valence-corrected chi connectivity index (χ3v) is 4.41. The second-order valence-electron chi connectivity index (χ2n) is 3.20. The predicted octanol–water partition coefficient (Wildman–Crippen LogP) is 5.01. The molecule has 0 radical (unpaired) electrons. The van der Waals surface area contributed by atoms with Crippen LogP contribution in [0, 0.1) is 0 Å². The number of halogens is 2. The number of fused-ring (bicyclic) bond motifs is 1. The number of benzene rings is 1. The molecule has 0 spiro atoms. The molecule has 2 aromatic rings. The molecule has 1 aromatic heterocycles. The van der Waals surface area contributed by atoms with Crippen LogP contribution >= 0.6 is 38.9 Å². The standard InChI is InChI=1S/C11H10BrClS/c1-2-7-3-9-8(5-12)6-14-11(9)10(13)4-7/h3-4,6H,2,5H2,1H3. The summed E-state index contributed by atoms with van der Waals surface area (Å²) in [5, 5.41) is 5.26. The highest BCUT2D eigenvalue weighted by Gasteiger charge is 2.07. The van der Waals surface area contributed by atoms with E-state index in [0.29, 0.717) is 0 Å². The van der Waals surface area contributed by atoms with Gasteiger partial charge in [-0.15, -0.1) is 11.3 Å². The fourth-order valence-corrected chi connectivity index (χ4v) is 3.52. The molecule has 0 amide bonds. The summed E-state index contributed by atoms with van der Waals surface area (Å²) >= 11 is 11.4. The fraction of sp³-hybridized carbons (Fsp3) is 0.273. The molecular formula is C11H10BrClS. The van der Waals surface area contributed by atoms with Crippen LogP contribution in [0.25, 0.3) is 10.1 Å². The highest BCUT2D eigenvalue weighted by atomic mass is 79.9. The van der Waals surface area contributed by atoms with E-state index in [9.17, 15) is 0 Å². The zero-order chi connectivity index (χ0) is 10.1. The number of hydrogen-bond donors (Lipinski definition) is 0. The van der Waals surface area contributed by atoms with Gasteiger partial charge >= 0.3 is 0 Å². The topological polar surface area (TPSA) is 0 Å². The van der Waals surface area contributed by atoms with E-state index in [1.807, 2.05) is 0 Å². The molecule has 0 aliphatic rings. The third kappa shape index (κ3) is 1.71. The second-order valence-corrected chi connectivity index (χ2v) is 5.05. The van der Waals surface area contributed by atoms with Crippen LogP contribution in [0.4, 0.5) is 0 Å². The average molecular weight is 290 g/mol. The van der Waals surface area contributed by atoms with Crippen LogP contribution in [0.5, 0.6) is 0 Å². The van der Waals surface area contributed by atoms with E-state index in [2.05, 4.69) is 40.4 Å². The Balaban J connectivity index is 2.73. The van der Waals surface area contributed by atoms with E-state index in [4.69, 9.17) is 11.6 Å². The van der Waals surface area contributed by atoms with Crippen LogP contribution in [-0.2, 0) is 11.8 Å². The first-order valence-electron chi connectivity index (χ1n) is 4.50. The van der Waals surface area contributed by atoms with Crippen molar-refractivity contribution in [2.45, 2.75) is 18.7 Å². The number of thiophene rings is 1. The lowest BCUT2D eigenvalue weighted by Gasteiger charge is -2.01. The summed E-state index contributed by atoms with van der Waals surface area (Å²) in [5.41, 5.74) is 2.64. The molecule has 0 N–H and O–H groups in total. The van der Waals surface area contributed by atoms with Crippen molar-refractivity contribution in [3.63, 3.8) is 0 Å². The molecule has 1 aromatic carbocycles. The van der Waals surface area contributed by atoms with Crippen LogP contribution in [0.2, 0.25) is 5.02 Å². The number of hydrogen-bond acceptors (Lipinski definition) is 1. The monoisotopic (exact) mass is 288 g/mol. The van der Waals surface area contributed by atoms with Gasteiger partial charge < -0.3 is 0 Å². The van der Waals surface area contributed by atoms with Gasteiger partial charge in [0.05, 0.1) is 9.72 Å². The largest absolute Gasteiger partial charge is 0.142 e. The molecular weight excluding hydrogens is 280 g/mol. The van der Waals surface area contributed by atoms with Gasteiger partial charge in [0.1, 0.15) is 0 Å². The Bertz CT molecular complexity index is 462. The molecule has 0 fully saturated rings. The van der Waals surface area contributed by atoms with Gasteiger partial charge in [-0.2, -0.15) is 0 Å². The summed E-state index contributed by atoms with van der Waals surface area (Å²) in [4.78, 5) is 0. The van der Waals surface area contributed by atoms with Gasteiger partial charge in [-0.1, -0.05) is 34.5 Å². The average Bonchev–Trinajstić information content (AvgIpc) is 2.61. The Labute approximate surface area is 101 Å². The summed E-state index contributed by atoms with van der Waals surface area (Å²) in [6.07, 6.45) is 1.03. The van der Waals surface area contributed by atoms with Gasteiger partial charge in [0.15, 0.2) is 0 Å². The number of alkyl halides is 1. The smallest absolute Gasteiger partial charge is 0.0587 e. The minimum absolute atomic E-state index is 0.886. The molecule has 0 unspecified atom stereocenters. The molecule has 0 saturated heterocycles. The predicted molar refractivity (Wildman–Crippen MR) is 68.8 cm³/mol. The Hall–Kier alpha value is -0.0500. The Morgan fingerprint density at radius 2 is 2.21 bits per heavy atom. The summed E-state index contributed by atoms with van der Waals surface area (Å²) in [7, 11) is 0. The zero-order valence-electron chi connectivity index (χ0n) is 7.81. The van der Waals surface area contributed by atoms with E-state index in [1.165, 1.54) is 21.2 Å². The summed E-state index contributed by atoms with van der Waals surface area (Å²) in [6, 6.07) is 4.31. The normalized spacial score (nSPS) is 11.1. The maximum Gasteiger partial charge on any atom is 0.0587 e. The first kappa shape index (κ1) is 10.5. The maximum atomic E-state index is 6.21. The molecule has 0 saturated carbocycles. The first-order chi connectivity index (χ1) is 6.76. The Kier molecular flexibility index (Phi) is 3.15. The van der Waals surface area contributed by atoms with E-state index in [0.717, 1.165) is 16.8 Å². The van der Waals surface area contributed by atoms with Crippen LogP contribution in [0.15, 0.2) is 17.5 Å². The SMILES string of the molecule is CCc1cc(Cl)c2scc(CBr)c2c1. The molecule has 0 aliphatic heterocycles. The third-order valence-electron chi connectivity index (χ3n) is 2.32. The molecule has 0 aliphatic carbocycles. The first-order valence-corrected chi connectivity index (χ1v) is 6.88. The number of aryl methyl sites for hydroxylation is 1. The van der Waals surface area contributed by atoms with Crippen molar-refractivity contribution in [3.05, 3.63) is 33.7 Å². The van der Waals surface area contributed by atoms with Crippen molar-refractivity contribution in [2.75, 3.05) is 0 Å². The lowest BCUT2D eigenvalue weighted by atomic mass is 10.1. The van der Waals surface area contributed by atoms with Crippen molar-refractivity contribution in [3.8, 4) is 0 Å². The lowest BCUT2D eigenvalue weighted by Crippen LogP contribution is -1.81. The zero-order valence-corrected chi connectivity index (χ0v) is 11.0. The van der Waals surface area contributed by atoms with Crippen molar-refractivity contribution in [1.82, 2.24) is 0 Å². The van der Waals surface area contributed by atoms with Crippen LogP contribution in [0.1, 0.15) is 18.1 Å². The van der Waals surface area contributed by atoms with Gasteiger partial charge in [0, 0.05) is 5.33 Å². The van der Waals surface area contributed by atoms with Gasteiger partial charge in [-0.25, -0.2) is 0 Å². The minimum Gasteiger partial charge on any atom is -0.142 e. The van der Waals surface area contributed by atoms with Gasteiger partial charge in [-0.3, -0.25) is 0 Å². The van der Waals surface area contributed by atoms with Crippen LogP contribution in [-0.4, -0.2) is 0 Å². The van der Waals surface area contributed by atoms with Crippen molar-refractivity contribution < 1.29 is 0 Å². The van der Waals surface area contributed by atoms with E-state index in [1.54, 1.807) is 11.3 Å². The van der Waals surface area contributed by atoms with Gasteiger partial charge in [0.2, 0.25) is 0 Å². The molecule has 0 atom stereocenters. The molecule has 14 heavy (non-hydrogen) atoms. The number of rotatable bonds is 2. The maximum absolute atomic E-state index is 6.21. The quantitative estimate of drug-likeness (QED) is 0.682. The minimum atomic E-state index is 0.886. The Morgan fingerprint density at radius 1 is 1.43 bits per heavy atom. The summed E-state index contributed by atoms with van der Waals surface area (Å²) in [6.45, 7) is 2.15. The van der Waals surface area contributed by atoms with Gasteiger partial charge in [-0.05, 0) is 40.4 Å². The van der Waals surface area contributed by atoms with E-state index < -0.39 is 0 Å². The summed E-state index contributed by atoms with van der Waals surface area (Å²) in [5.74, 6) is 0. The molecule has 3 heteroatoms. The molecule has 0 bridgehead atoms. The highest BCUT2D eigenvalue weighted by Crippen LogP contribution is 2.34. The van der Waals surface area contributed by atoms with Crippen LogP contribution in [0.3, 0.4) is 0 Å². The fourth-order valence-electron chi connectivity index (χ4n) is 1.51. The summed E-state index contributed by atoms with van der Waals surface area (Å²) < 4.78 is 1.21. The van der Waals surface area contributed by atoms with E-state index in [-0.39, 0.29) is 0 Å². The van der Waals surface area contributed by atoms with Crippen molar-refractivity contribution in [2.24, 2.45) is 0 Å². The molecule has 0 nitrogen and oxygen atoms in total. The highest BCUT2D eigenvalue weighted by molar-refractivity contribution is 9.08. The molecule has 74 valence electrons.